The maximum Gasteiger partial charge on any atom is 0.269 e. The van der Waals surface area contributed by atoms with Gasteiger partial charge in [0.05, 0.1) is 16.7 Å². The Bertz CT molecular complexity index is 847. The number of nitrogens with zero attached hydrogens (tertiary/aromatic N) is 5. The number of hydrogen-bond acceptors (Lipinski definition) is 6. The van der Waals surface area contributed by atoms with E-state index in [0.29, 0.717) is 5.82 Å². The van der Waals surface area contributed by atoms with Crippen LogP contribution in [0.1, 0.15) is 17.4 Å². The van der Waals surface area contributed by atoms with Gasteiger partial charge in [-0.1, -0.05) is 28.1 Å². The van der Waals surface area contributed by atoms with Crippen molar-refractivity contribution in [1.29, 1.82) is 0 Å². The van der Waals surface area contributed by atoms with Crippen LogP contribution in [0.3, 0.4) is 0 Å². The first-order chi connectivity index (χ1) is 11.6. The number of nitrogens with one attached hydrogen (secondary N) is 1. The topological polar surface area (TPSA) is 98.8 Å². The highest BCUT2D eigenvalue weighted by Crippen LogP contribution is 2.24. The van der Waals surface area contributed by atoms with E-state index < -0.39 is 4.92 Å². The number of hydrogen-bond donors (Lipinski definition) is 1. The summed E-state index contributed by atoms with van der Waals surface area (Å²) in [4.78, 5) is 10.4. The summed E-state index contributed by atoms with van der Waals surface area (Å²) in [7, 11) is 1.78. The van der Waals surface area contributed by atoms with Crippen molar-refractivity contribution in [3.05, 3.63) is 74.5 Å². The average Bonchev–Trinajstić information content (AvgIpc) is 3.06. The largest absolute Gasteiger partial charge is 0.307 e. The van der Waals surface area contributed by atoms with Gasteiger partial charge >= 0.3 is 0 Å². The molecule has 0 saturated carbocycles. The summed E-state index contributed by atoms with van der Waals surface area (Å²) in [6.07, 6.45) is 0. The fourth-order valence-electron chi connectivity index (χ4n) is 2.37. The van der Waals surface area contributed by atoms with Crippen LogP contribution >= 0.6 is 15.9 Å². The van der Waals surface area contributed by atoms with Crippen molar-refractivity contribution in [2.45, 2.75) is 6.04 Å². The molecular weight excluding hydrogens is 376 g/mol. The second-order valence-electron chi connectivity index (χ2n) is 5.00. The highest BCUT2D eigenvalue weighted by Gasteiger charge is 2.21. The molecule has 8 nitrogen and oxygen atoms in total. The molecule has 0 amide bonds. The number of nitro groups is 1. The lowest BCUT2D eigenvalue weighted by Gasteiger charge is -2.16. The Morgan fingerprint density at radius 3 is 2.42 bits per heavy atom. The Balaban J connectivity index is 1.99. The van der Waals surface area contributed by atoms with Gasteiger partial charge in [-0.2, -0.15) is 4.68 Å². The Morgan fingerprint density at radius 1 is 1.17 bits per heavy atom. The maximum absolute atomic E-state index is 10.8. The first-order valence-electron chi connectivity index (χ1n) is 7.06. The number of benzene rings is 2. The van der Waals surface area contributed by atoms with Crippen LogP contribution in [-0.4, -0.2) is 32.2 Å². The second-order valence-corrected chi connectivity index (χ2v) is 5.91. The fourth-order valence-corrected chi connectivity index (χ4v) is 2.64. The lowest BCUT2D eigenvalue weighted by molar-refractivity contribution is -0.384. The molecule has 1 atom stereocenters. The molecule has 9 heteroatoms. The van der Waals surface area contributed by atoms with E-state index in [2.05, 4.69) is 36.8 Å². The van der Waals surface area contributed by atoms with E-state index in [1.165, 1.54) is 12.1 Å². The van der Waals surface area contributed by atoms with E-state index in [1.54, 1.807) is 23.9 Å². The summed E-state index contributed by atoms with van der Waals surface area (Å²) in [5.74, 6) is 0.591. The van der Waals surface area contributed by atoms with Gasteiger partial charge in [0.2, 0.25) is 0 Å². The average molecular weight is 389 g/mol. The number of tetrazole rings is 1. The van der Waals surface area contributed by atoms with Gasteiger partial charge in [0.15, 0.2) is 5.82 Å². The summed E-state index contributed by atoms with van der Waals surface area (Å²) >= 11 is 3.40. The molecule has 0 bridgehead atoms. The van der Waals surface area contributed by atoms with Crippen molar-refractivity contribution in [2.75, 3.05) is 7.05 Å². The molecule has 122 valence electrons. The molecule has 1 N–H and O–H groups in total. The van der Waals surface area contributed by atoms with Crippen LogP contribution < -0.4 is 5.32 Å². The maximum atomic E-state index is 10.8. The number of halogens is 1. The summed E-state index contributed by atoms with van der Waals surface area (Å²) in [6, 6.07) is 13.6. The number of aromatic nitrogens is 4. The molecule has 2 aromatic carbocycles. The normalized spacial score (nSPS) is 12.1. The Labute approximate surface area is 145 Å². The first-order valence-corrected chi connectivity index (χ1v) is 7.85. The minimum absolute atomic E-state index is 0.0427. The third-order valence-corrected chi connectivity index (χ3v) is 4.08. The van der Waals surface area contributed by atoms with Crippen LogP contribution in [0.15, 0.2) is 53.0 Å². The van der Waals surface area contributed by atoms with Crippen LogP contribution in [0.25, 0.3) is 5.69 Å². The van der Waals surface area contributed by atoms with Gasteiger partial charge in [0.25, 0.3) is 5.69 Å². The molecule has 0 aliphatic carbocycles. The highest BCUT2D eigenvalue weighted by atomic mass is 79.9. The molecule has 1 heterocycles. The van der Waals surface area contributed by atoms with Gasteiger partial charge in [-0.25, -0.2) is 0 Å². The number of non-ortho nitro benzene ring substituents is 1. The van der Waals surface area contributed by atoms with Crippen molar-refractivity contribution in [2.24, 2.45) is 0 Å². The van der Waals surface area contributed by atoms with E-state index >= 15 is 0 Å². The molecule has 0 spiro atoms. The molecule has 0 aliphatic heterocycles. The predicted molar refractivity (Wildman–Crippen MR) is 90.9 cm³/mol. The summed E-state index contributed by atoms with van der Waals surface area (Å²) in [5, 5.41) is 25.9. The van der Waals surface area contributed by atoms with Crippen LogP contribution in [0.2, 0.25) is 0 Å². The minimum atomic E-state index is -0.427. The highest BCUT2D eigenvalue weighted by molar-refractivity contribution is 9.10. The quantitative estimate of drug-likeness (QED) is 0.532. The lowest BCUT2D eigenvalue weighted by atomic mass is 10.1. The zero-order valence-electron chi connectivity index (χ0n) is 12.6. The molecule has 3 aromatic rings. The van der Waals surface area contributed by atoms with Gasteiger partial charge in [0.1, 0.15) is 0 Å². The van der Waals surface area contributed by atoms with Crippen molar-refractivity contribution >= 4 is 21.6 Å². The molecule has 0 aliphatic rings. The van der Waals surface area contributed by atoms with Gasteiger partial charge < -0.3 is 5.32 Å². The summed E-state index contributed by atoms with van der Waals surface area (Å²) < 4.78 is 2.59. The van der Waals surface area contributed by atoms with Crippen LogP contribution in [0.5, 0.6) is 0 Å². The Morgan fingerprint density at radius 2 is 1.83 bits per heavy atom. The molecule has 0 radical (unpaired) electrons. The van der Waals surface area contributed by atoms with Crippen molar-refractivity contribution in [3.63, 3.8) is 0 Å². The first kappa shape index (κ1) is 16.2. The molecule has 1 aromatic heterocycles. The van der Waals surface area contributed by atoms with E-state index in [0.717, 1.165) is 15.7 Å². The molecule has 0 saturated heterocycles. The van der Waals surface area contributed by atoms with Crippen LogP contribution in [-0.2, 0) is 0 Å². The number of nitro benzene ring substituents is 1. The van der Waals surface area contributed by atoms with E-state index in [1.807, 2.05) is 24.3 Å². The van der Waals surface area contributed by atoms with Crippen molar-refractivity contribution in [3.8, 4) is 5.69 Å². The fraction of sp³-hybridized carbons (Fsp3) is 0.133. The summed E-state index contributed by atoms with van der Waals surface area (Å²) in [6.45, 7) is 0. The van der Waals surface area contributed by atoms with Gasteiger partial charge in [-0.05, 0) is 47.3 Å². The zero-order valence-corrected chi connectivity index (χ0v) is 14.2. The van der Waals surface area contributed by atoms with Crippen LogP contribution in [0.4, 0.5) is 5.69 Å². The second kappa shape index (κ2) is 6.85. The molecular formula is C15H13BrN6O2. The predicted octanol–water partition coefficient (Wildman–Crippen LogP) is 2.64. The van der Waals surface area contributed by atoms with Crippen LogP contribution in [0, 0.1) is 10.1 Å². The third-order valence-electron chi connectivity index (χ3n) is 3.55. The lowest BCUT2D eigenvalue weighted by Crippen LogP contribution is -2.22. The molecule has 0 unspecified atom stereocenters. The van der Waals surface area contributed by atoms with E-state index in [9.17, 15) is 10.1 Å². The summed E-state index contributed by atoms with van der Waals surface area (Å²) in [5.41, 5.74) is 1.69. The molecule has 3 rings (SSSR count). The Kier molecular flexibility index (Phi) is 4.63. The molecule has 24 heavy (non-hydrogen) atoms. The van der Waals surface area contributed by atoms with Crippen molar-refractivity contribution in [1.82, 2.24) is 25.5 Å². The van der Waals surface area contributed by atoms with E-state index in [-0.39, 0.29) is 11.7 Å². The standard InChI is InChI=1S/C15H13BrN6O2/c1-17-14(10-2-6-13(7-3-10)22(23)24)15-18-19-20-21(15)12-8-4-11(16)5-9-12/h2-9,14,17H,1H3/t14-/m1/s1. The smallest absolute Gasteiger partial charge is 0.269 e. The molecule has 0 fully saturated rings. The van der Waals surface area contributed by atoms with E-state index in [4.69, 9.17) is 0 Å². The van der Waals surface area contributed by atoms with Gasteiger partial charge in [0, 0.05) is 16.6 Å². The van der Waals surface area contributed by atoms with Gasteiger partial charge in [-0.3, -0.25) is 10.1 Å². The number of rotatable bonds is 5. The van der Waals surface area contributed by atoms with Gasteiger partial charge in [-0.15, -0.1) is 5.10 Å². The Hall–Kier alpha value is -2.65. The zero-order chi connectivity index (χ0) is 17.1. The van der Waals surface area contributed by atoms with Crippen molar-refractivity contribution < 1.29 is 4.92 Å². The minimum Gasteiger partial charge on any atom is -0.307 e. The SMILES string of the molecule is CN[C@H](c1ccc([N+](=O)[O-])cc1)c1nnnn1-c1ccc(Br)cc1. The monoisotopic (exact) mass is 388 g/mol. The third kappa shape index (κ3) is 3.17.